The molecule has 0 aliphatic heterocycles. The van der Waals surface area contributed by atoms with Gasteiger partial charge in [0.05, 0.1) is 17.5 Å². The van der Waals surface area contributed by atoms with Crippen LogP contribution in [0.25, 0.3) is 0 Å². The van der Waals surface area contributed by atoms with E-state index in [4.69, 9.17) is 22.1 Å². The molecule has 4 nitrogen and oxygen atoms in total. The Labute approximate surface area is 118 Å². The van der Waals surface area contributed by atoms with Gasteiger partial charge in [0.15, 0.2) is 0 Å². The SMILES string of the molecule is Nc1ccc(Cl)cc1NC(=O)COC1CCCCC1. The van der Waals surface area contributed by atoms with Gasteiger partial charge in [-0.25, -0.2) is 0 Å². The van der Waals surface area contributed by atoms with Crippen molar-refractivity contribution in [2.24, 2.45) is 0 Å². The van der Waals surface area contributed by atoms with Crippen LogP contribution in [0, 0.1) is 0 Å². The molecule has 2 rings (SSSR count). The third kappa shape index (κ3) is 4.40. The van der Waals surface area contributed by atoms with Gasteiger partial charge in [-0.2, -0.15) is 0 Å². The molecule has 1 fully saturated rings. The predicted octanol–water partition coefficient (Wildman–Crippen LogP) is 3.21. The van der Waals surface area contributed by atoms with Gasteiger partial charge in [-0.15, -0.1) is 0 Å². The second-order valence-electron chi connectivity index (χ2n) is 4.85. The number of nitrogen functional groups attached to an aromatic ring is 1. The van der Waals surface area contributed by atoms with E-state index in [9.17, 15) is 4.79 Å². The maximum atomic E-state index is 11.8. The van der Waals surface area contributed by atoms with Crippen LogP contribution in [0.3, 0.4) is 0 Å². The van der Waals surface area contributed by atoms with Gasteiger partial charge in [-0.3, -0.25) is 4.79 Å². The minimum atomic E-state index is -0.195. The Morgan fingerprint density at radius 2 is 2.11 bits per heavy atom. The van der Waals surface area contributed by atoms with E-state index >= 15 is 0 Å². The van der Waals surface area contributed by atoms with Crippen molar-refractivity contribution in [3.63, 3.8) is 0 Å². The number of hydrogen-bond acceptors (Lipinski definition) is 3. The van der Waals surface area contributed by atoms with Crippen LogP contribution < -0.4 is 11.1 Å². The lowest BCUT2D eigenvalue weighted by molar-refractivity contribution is -0.123. The second kappa shape index (κ2) is 6.78. The Morgan fingerprint density at radius 3 is 2.84 bits per heavy atom. The summed E-state index contributed by atoms with van der Waals surface area (Å²) in [6.07, 6.45) is 5.96. The Balaban J connectivity index is 1.81. The molecule has 0 aromatic heterocycles. The zero-order valence-corrected chi connectivity index (χ0v) is 11.6. The lowest BCUT2D eigenvalue weighted by Crippen LogP contribution is -2.25. The Hall–Kier alpha value is -1.26. The van der Waals surface area contributed by atoms with E-state index < -0.39 is 0 Å². The number of hydrogen-bond donors (Lipinski definition) is 2. The van der Waals surface area contributed by atoms with Crippen molar-refractivity contribution in [2.45, 2.75) is 38.2 Å². The van der Waals surface area contributed by atoms with Crippen LogP contribution in [-0.4, -0.2) is 18.6 Å². The highest BCUT2D eigenvalue weighted by Crippen LogP contribution is 2.23. The van der Waals surface area contributed by atoms with Crippen molar-refractivity contribution in [1.29, 1.82) is 0 Å². The lowest BCUT2D eigenvalue weighted by Gasteiger charge is -2.21. The molecule has 1 amide bonds. The summed E-state index contributed by atoms with van der Waals surface area (Å²) in [5.41, 5.74) is 6.79. The molecule has 5 heteroatoms. The molecule has 1 aromatic carbocycles. The maximum absolute atomic E-state index is 11.8. The van der Waals surface area contributed by atoms with Crippen molar-refractivity contribution < 1.29 is 9.53 Å². The molecule has 104 valence electrons. The van der Waals surface area contributed by atoms with Crippen molar-refractivity contribution in [3.05, 3.63) is 23.2 Å². The standard InChI is InChI=1S/C14H19ClN2O2/c15-10-6-7-12(16)13(8-10)17-14(18)9-19-11-4-2-1-3-5-11/h6-8,11H,1-5,9,16H2,(H,17,18). The molecule has 1 aromatic rings. The summed E-state index contributed by atoms with van der Waals surface area (Å²) < 4.78 is 5.60. The monoisotopic (exact) mass is 282 g/mol. The van der Waals surface area contributed by atoms with Crippen LogP contribution in [0.5, 0.6) is 0 Å². The van der Waals surface area contributed by atoms with E-state index in [2.05, 4.69) is 5.32 Å². The van der Waals surface area contributed by atoms with Crippen molar-refractivity contribution in [3.8, 4) is 0 Å². The van der Waals surface area contributed by atoms with Gasteiger partial charge in [0, 0.05) is 5.02 Å². The second-order valence-corrected chi connectivity index (χ2v) is 5.29. The van der Waals surface area contributed by atoms with E-state index in [1.54, 1.807) is 18.2 Å². The molecule has 0 radical (unpaired) electrons. The number of carbonyl (C=O) groups is 1. The molecule has 1 aliphatic rings. The Morgan fingerprint density at radius 1 is 1.37 bits per heavy atom. The zero-order valence-electron chi connectivity index (χ0n) is 10.8. The van der Waals surface area contributed by atoms with Crippen molar-refractivity contribution in [1.82, 2.24) is 0 Å². The normalized spacial score (nSPS) is 16.3. The highest BCUT2D eigenvalue weighted by Gasteiger charge is 2.15. The third-order valence-corrected chi connectivity index (χ3v) is 3.53. The van der Waals surface area contributed by atoms with Gasteiger partial charge in [0.1, 0.15) is 6.61 Å². The zero-order chi connectivity index (χ0) is 13.7. The van der Waals surface area contributed by atoms with Gasteiger partial charge < -0.3 is 15.8 Å². The Bertz CT molecular complexity index is 445. The average Bonchev–Trinajstić information content (AvgIpc) is 2.42. The van der Waals surface area contributed by atoms with Gasteiger partial charge in [-0.05, 0) is 31.0 Å². The fourth-order valence-corrected chi connectivity index (χ4v) is 2.42. The molecule has 0 atom stereocenters. The minimum Gasteiger partial charge on any atom is -0.397 e. The smallest absolute Gasteiger partial charge is 0.250 e. The third-order valence-electron chi connectivity index (χ3n) is 3.29. The first-order valence-electron chi connectivity index (χ1n) is 6.61. The molecule has 0 heterocycles. The molecule has 1 aliphatic carbocycles. The highest BCUT2D eigenvalue weighted by molar-refractivity contribution is 6.31. The van der Waals surface area contributed by atoms with Crippen molar-refractivity contribution in [2.75, 3.05) is 17.7 Å². The molecular formula is C14H19ClN2O2. The first-order valence-corrected chi connectivity index (χ1v) is 6.99. The topological polar surface area (TPSA) is 64.3 Å². The number of halogens is 1. The first kappa shape index (κ1) is 14.2. The number of ether oxygens (including phenoxy) is 1. The van der Waals surface area contributed by atoms with E-state index in [1.807, 2.05) is 0 Å². The number of carbonyl (C=O) groups excluding carboxylic acids is 1. The molecule has 19 heavy (non-hydrogen) atoms. The van der Waals surface area contributed by atoms with Gasteiger partial charge in [0.2, 0.25) is 5.91 Å². The summed E-state index contributed by atoms with van der Waals surface area (Å²) in [4.78, 5) is 11.8. The summed E-state index contributed by atoms with van der Waals surface area (Å²) in [6, 6.07) is 4.99. The van der Waals surface area contributed by atoms with Crippen molar-refractivity contribution >= 4 is 28.9 Å². The van der Waals surface area contributed by atoms with Crippen LogP contribution >= 0.6 is 11.6 Å². The Kier molecular flexibility index (Phi) is 5.05. The molecule has 0 bridgehead atoms. The van der Waals surface area contributed by atoms with Crippen LogP contribution in [0.15, 0.2) is 18.2 Å². The molecule has 0 spiro atoms. The molecule has 1 saturated carbocycles. The number of anilines is 2. The van der Waals surface area contributed by atoms with Gasteiger partial charge in [-0.1, -0.05) is 30.9 Å². The highest BCUT2D eigenvalue weighted by atomic mass is 35.5. The summed E-state index contributed by atoms with van der Waals surface area (Å²) in [5.74, 6) is -0.195. The molecular weight excluding hydrogens is 264 g/mol. The summed E-state index contributed by atoms with van der Waals surface area (Å²) in [6.45, 7) is 0.0661. The molecule has 0 saturated heterocycles. The largest absolute Gasteiger partial charge is 0.397 e. The summed E-state index contributed by atoms with van der Waals surface area (Å²) in [7, 11) is 0. The van der Waals surface area contributed by atoms with Gasteiger partial charge in [0.25, 0.3) is 0 Å². The number of rotatable bonds is 4. The van der Waals surface area contributed by atoms with Gasteiger partial charge >= 0.3 is 0 Å². The van der Waals surface area contributed by atoms with Crippen LogP contribution in [0.2, 0.25) is 5.02 Å². The van der Waals surface area contributed by atoms with Crippen LogP contribution in [0.1, 0.15) is 32.1 Å². The number of benzene rings is 1. The quantitative estimate of drug-likeness (QED) is 0.834. The number of nitrogens with one attached hydrogen (secondary N) is 1. The molecule has 0 unspecified atom stereocenters. The van der Waals surface area contributed by atoms with Crippen LogP contribution in [-0.2, 0) is 9.53 Å². The molecule has 3 N–H and O–H groups in total. The predicted molar refractivity (Wildman–Crippen MR) is 77.3 cm³/mol. The summed E-state index contributed by atoms with van der Waals surface area (Å²) >= 11 is 5.86. The average molecular weight is 283 g/mol. The first-order chi connectivity index (χ1) is 9.15. The fourth-order valence-electron chi connectivity index (χ4n) is 2.25. The van der Waals surface area contributed by atoms with E-state index in [0.29, 0.717) is 16.4 Å². The summed E-state index contributed by atoms with van der Waals surface area (Å²) in [5, 5.41) is 3.26. The minimum absolute atomic E-state index is 0.0661. The van der Waals surface area contributed by atoms with Crippen LogP contribution in [0.4, 0.5) is 11.4 Å². The maximum Gasteiger partial charge on any atom is 0.250 e. The fraction of sp³-hybridized carbons (Fsp3) is 0.500. The van der Waals surface area contributed by atoms with E-state index in [1.165, 1.54) is 19.3 Å². The number of amides is 1. The number of nitrogens with two attached hydrogens (primary N) is 1. The lowest BCUT2D eigenvalue weighted by atomic mass is 9.98. The van der Waals surface area contributed by atoms with E-state index in [-0.39, 0.29) is 18.6 Å². The van der Waals surface area contributed by atoms with E-state index in [0.717, 1.165) is 12.8 Å².